The average Bonchev–Trinajstić information content (AvgIpc) is 2.67. The van der Waals surface area contributed by atoms with Gasteiger partial charge in [-0.05, 0) is 37.7 Å². The van der Waals surface area contributed by atoms with Crippen LogP contribution >= 0.6 is 0 Å². The van der Waals surface area contributed by atoms with Gasteiger partial charge < -0.3 is 20.8 Å². The summed E-state index contributed by atoms with van der Waals surface area (Å²) in [6, 6.07) is 5.34. The van der Waals surface area contributed by atoms with Gasteiger partial charge in [0.2, 0.25) is 5.95 Å². The van der Waals surface area contributed by atoms with Crippen LogP contribution in [-0.2, 0) is 0 Å². The van der Waals surface area contributed by atoms with Crippen molar-refractivity contribution in [3.05, 3.63) is 30.0 Å². The van der Waals surface area contributed by atoms with E-state index >= 15 is 0 Å². The topological polar surface area (TPSA) is 107 Å². The van der Waals surface area contributed by atoms with E-state index in [1.807, 2.05) is 19.9 Å². The van der Waals surface area contributed by atoms with Crippen LogP contribution in [-0.4, -0.2) is 50.9 Å². The minimum absolute atomic E-state index is 0.108. The molecule has 0 saturated heterocycles. The number of para-hydroxylation sites is 1. The normalized spacial score (nSPS) is 21.2. The summed E-state index contributed by atoms with van der Waals surface area (Å²) in [4.78, 5) is 21.7. The Balaban J connectivity index is 1.82. The van der Waals surface area contributed by atoms with Gasteiger partial charge in [-0.15, -0.1) is 0 Å². The van der Waals surface area contributed by atoms with Gasteiger partial charge in [0.15, 0.2) is 0 Å². The van der Waals surface area contributed by atoms with Crippen LogP contribution in [0.15, 0.2) is 24.4 Å². The number of hydrogen-bond donors (Lipinski definition) is 4. The van der Waals surface area contributed by atoms with Crippen molar-refractivity contribution < 1.29 is 15.0 Å². The molecule has 0 aliphatic heterocycles. The van der Waals surface area contributed by atoms with Crippen LogP contribution in [0.2, 0.25) is 0 Å². The molecule has 1 atom stereocenters. The van der Waals surface area contributed by atoms with Crippen molar-refractivity contribution in [2.75, 3.05) is 11.9 Å². The molecule has 2 aromatic rings. The van der Waals surface area contributed by atoms with Crippen molar-refractivity contribution in [3.63, 3.8) is 0 Å². The number of carbonyl (C=O) groups excluding carboxylic acids is 1. The van der Waals surface area contributed by atoms with Crippen LogP contribution in [0, 0.1) is 5.92 Å². The number of nitrogens with zero attached hydrogens (tertiary/aromatic N) is 2. The van der Waals surface area contributed by atoms with E-state index in [0.29, 0.717) is 17.0 Å². The number of hydrogen-bond acceptors (Lipinski definition) is 6. The highest BCUT2D eigenvalue weighted by Gasteiger charge is 2.21. The number of nitrogens with one attached hydrogen (secondary N) is 2. The summed E-state index contributed by atoms with van der Waals surface area (Å²) >= 11 is 0. The van der Waals surface area contributed by atoms with E-state index in [-0.39, 0.29) is 36.6 Å². The van der Waals surface area contributed by atoms with E-state index in [1.165, 1.54) is 0 Å². The van der Waals surface area contributed by atoms with Crippen molar-refractivity contribution in [1.29, 1.82) is 0 Å². The molecule has 1 aromatic carbocycles. The smallest absolute Gasteiger partial charge is 0.253 e. The number of fused-ring (bicyclic) bond motifs is 1. The summed E-state index contributed by atoms with van der Waals surface area (Å²) in [5, 5.41) is 26.1. The SMILES string of the molecule is CC(C)C(CO)NC(=O)c1cccc2cnc(NC3CCC(O)CC3)nc12. The molecule has 0 spiro atoms. The van der Waals surface area contributed by atoms with Crippen LogP contribution in [0.4, 0.5) is 5.95 Å². The maximum atomic E-state index is 12.7. The Morgan fingerprint density at radius 1 is 1.26 bits per heavy atom. The fraction of sp³-hybridized carbons (Fsp3) is 0.550. The Morgan fingerprint density at radius 2 is 2.00 bits per heavy atom. The first-order chi connectivity index (χ1) is 13.0. The molecule has 7 nitrogen and oxygen atoms in total. The third-order valence-corrected chi connectivity index (χ3v) is 5.20. The van der Waals surface area contributed by atoms with Gasteiger partial charge in [0.05, 0.1) is 29.8 Å². The van der Waals surface area contributed by atoms with Crippen molar-refractivity contribution in [1.82, 2.24) is 15.3 Å². The van der Waals surface area contributed by atoms with Crippen LogP contribution in [0.3, 0.4) is 0 Å². The zero-order chi connectivity index (χ0) is 19.4. The molecule has 4 N–H and O–H groups in total. The molecule has 27 heavy (non-hydrogen) atoms. The van der Waals surface area contributed by atoms with Crippen LogP contribution in [0.25, 0.3) is 10.9 Å². The number of aromatic nitrogens is 2. The van der Waals surface area contributed by atoms with Gasteiger partial charge in [0.25, 0.3) is 5.91 Å². The highest BCUT2D eigenvalue weighted by molar-refractivity contribution is 6.05. The molecule has 1 fully saturated rings. The Hall–Kier alpha value is -2.25. The zero-order valence-corrected chi connectivity index (χ0v) is 15.9. The second-order valence-electron chi connectivity index (χ2n) is 7.59. The number of benzene rings is 1. The number of rotatable bonds is 6. The molecular weight excluding hydrogens is 344 g/mol. The Bertz CT molecular complexity index is 788. The van der Waals surface area contributed by atoms with Crippen LogP contribution in [0.5, 0.6) is 0 Å². The third kappa shape index (κ3) is 4.73. The molecule has 146 valence electrons. The van der Waals surface area contributed by atoms with Gasteiger partial charge in [-0.3, -0.25) is 4.79 Å². The van der Waals surface area contributed by atoms with Gasteiger partial charge in [-0.1, -0.05) is 26.0 Å². The number of anilines is 1. The second-order valence-corrected chi connectivity index (χ2v) is 7.59. The average molecular weight is 372 g/mol. The molecule has 1 saturated carbocycles. The fourth-order valence-corrected chi connectivity index (χ4v) is 3.38. The lowest BCUT2D eigenvalue weighted by Gasteiger charge is -2.26. The van der Waals surface area contributed by atoms with Crippen LogP contribution < -0.4 is 10.6 Å². The number of carbonyl (C=O) groups is 1. The van der Waals surface area contributed by atoms with Crippen molar-refractivity contribution >= 4 is 22.8 Å². The number of aliphatic hydroxyl groups excluding tert-OH is 2. The Labute approximate surface area is 159 Å². The molecular formula is C20H28N4O3. The van der Waals surface area contributed by atoms with Crippen LogP contribution in [0.1, 0.15) is 49.9 Å². The summed E-state index contributed by atoms with van der Waals surface area (Å²) in [5.41, 5.74) is 1.06. The summed E-state index contributed by atoms with van der Waals surface area (Å²) < 4.78 is 0. The minimum atomic E-state index is -0.305. The highest BCUT2D eigenvalue weighted by atomic mass is 16.3. The third-order valence-electron chi connectivity index (χ3n) is 5.20. The zero-order valence-electron chi connectivity index (χ0n) is 15.9. The first-order valence-corrected chi connectivity index (χ1v) is 9.60. The summed E-state index contributed by atoms with van der Waals surface area (Å²) in [6.45, 7) is 3.80. The van der Waals surface area contributed by atoms with E-state index in [2.05, 4.69) is 20.6 Å². The molecule has 1 aliphatic rings. The standard InChI is InChI=1S/C20H28N4O3/c1-12(2)17(11-25)23-19(27)16-5-3-4-13-10-21-20(24-18(13)16)22-14-6-8-15(26)9-7-14/h3-5,10,12,14-15,17,25-26H,6-9,11H2,1-2H3,(H,23,27)(H,21,22,24). The molecule has 1 amide bonds. The van der Waals surface area contributed by atoms with Gasteiger partial charge in [0.1, 0.15) is 0 Å². The van der Waals surface area contributed by atoms with Gasteiger partial charge in [-0.2, -0.15) is 0 Å². The van der Waals surface area contributed by atoms with Crippen molar-refractivity contribution in [3.8, 4) is 0 Å². The quantitative estimate of drug-likeness (QED) is 0.618. The molecule has 1 aliphatic carbocycles. The molecule has 0 bridgehead atoms. The predicted molar refractivity (Wildman–Crippen MR) is 105 cm³/mol. The Kier molecular flexibility index (Phi) is 6.23. The lowest BCUT2D eigenvalue weighted by atomic mass is 9.93. The van der Waals surface area contributed by atoms with Gasteiger partial charge >= 0.3 is 0 Å². The largest absolute Gasteiger partial charge is 0.394 e. The van der Waals surface area contributed by atoms with E-state index < -0.39 is 0 Å². The first kappa shape index (κ1) is 19.5. The van der Waals surface area contributed by atoms with Gasteiger partial charge in [-0.25, -0.2) is 9.97 Å². The number of aliphatic hydroxyl groups is 2. The van der Waals surface area contributed by atoms with Gasteiger partial charge in [0, 0.05) is 17.6 Å². The minimum Gasteiger partial charge on any atom is -0.394 e. The predicted octanol–water partition coefficient (Wildman–Crippen LogP) is 2.09. The van der Waals surface area contributed by atoms with Crippen molar-refractivity contribution in [2.45, 2.75) is 57.7 Å². The summed E-state index contributed by atoms with van der Waals surface area (Å²) in [5.74, 6) is 0.368. The van der Waals surface area contributed by atoms with E-state index in [1.54, 1.807) is 18.3 Å². The molecule has 0 radical (unpaired) electrons. The summed E-state index contributed by atoms with van der Waals surface area (Å²) in [6.07, 6.45) is 4.80. The first-order valence-electron chi connectivity index (χ1n) is 9.60. The molecule has 1 unspecified atom stereocenters. The lowest BCUT2D eigenvalue weighted by Crippen LogP contribution is -2.41. The maximum Gasteiger partial charge on any atom is 0.253 e. The second kappa shape index (κ2) is 8.63. The Morgan fingerprint density at radius 3 is 2.67 bits per heavy atom. The molecule has 3 rings (SSSR count). The molecule has 1 aromatic heterocycles. The van der Waals surface area contributed by atoms with E-state index in [4.69, 9.17) is 0 Å². The highest BCUT2D eigenvalue weighted by Crippen LogP contribution is 2.23. The number of amides is 1. The van der Waals surface area contributed by atoms with E-state index in [0.717, 1.165) is 31.1 Å². The lowest BCUT2D eigenvalue weighted by molar-refractivity contribution is 0.0898. The fourth-order valence-electron chi connectivity index (χ4n) is 3.38. The van der Waals surface area contributed by atoms with E-state index in [9.17, 15) is 15.0 Å². The van der Waals surface area contributed by atoms with Crippen molar-refractivity contribution in [2.24, 2.45) is 5.92 Å². The maximum absolute atomic E-state index is 12.7. The molecule has 7 heteroatoms. The monoisotopic (exact) mass is 372 g/mol. The molecule has 1 heterocycles. The summed E-state index contributed by atoms with van der Waals surface area (Å²) in [7, 11) is 0.